The number of carbonyl (C=O) groups excluding carboxylic acids is 1. The molecule has 2 aromatic rings. The Morgan fingerprint density at radius 3 is 2.32 bits per heavy atom. The molecule has 3 saturated carbocycles. The van der Waals surface area contributed by atoms with Crippen molar-refractivity contribution in [2.75, 3.05) is 0 Å². The van der Waals surface area contributed by atoms with Crippen molar-refractivity contribution in [3.05, 3.63) is 46.0 Å². The number of hydrogen-bond acceptors (Lipinski definition) is 3. The van der Waals surface area contributed by atoms with E-state index in [0.717, 1.165) is 11.8 Å². The van der Waals surface area contributed by atoms with E-state index < -0.39 is 30.1 Å². The van der Waals surface area contributed by atoms with Crippen LogP contribution in [0.15, 0.2) is 29.2 Å². The molecule has 3 aliphatic rings. The molecule has 0 saturated heterocycles. The first kappa shape index (κ1) is 32.5. The maximum absolute atomic E-state index is 13.6. The number of pyridine rings is 2. The second kappa shape index (κ2) is 12.9. The number of halogens is 6. The van der Waals surface area contributed by atoms with Gasteiger partial charge in [-0.1, -0.05) is 19.4 Å². The zero-order valence-electron chi connectivity index (χ0n) is 25.2. The summed E-state index contributed by atoms with van der Waals surface area (Å²) in [4.78, 5) is 31.1. The summed E-state index contributed by atoms with van der Waals surface area (Å²) in [6, 6.07) is 3.45. The van der Waals surface area contributed by atoms with Crippen molar-refractivity contribution >= 4 is 22.9 Å². The fourth-order valence-corrected chi connectivity index (χ4v) is 7.57. The van der Waals surface area contributed by atoms with E-state index in [1.54, 1.807) is 17.8 Å². The Morgan fingerprint density at radius 2 is 1.64 bits per heavy atom. The quantitative estimate of drug-likeness (QED) is 0.342. The van der Waals surface area contributed by atoms with E-state index in [1.807, 2.05) is 24.3 Å². The fraction of sp³-hybridized carbons (Fsp3) is 0.667. The van der Waals surface area contributed by atoms with Crippen molar-refractivity contribution in [2.45, 2.75) is 102 Å². The summed E-state index contributed by atoms with van der Waals surface area (Å²) in [5.74, 6) is -3.51. The maximum Gasteiger partial charge on any atom is 0.391 e. The molecule has 2 heterocycles. The first-order chi connectivity index (χ1) is 20.7. The molecule has 11 heteroatoms. The van der Waals surface area contributed by atoms with E-state index >= 15 is 0 Å². The second-order valence-corrected chi connectivity index (χ2v) is 13.3. The summed E-state index contributed by atoms with van der Waals surface area (Å²) in [7, 11) is 1.70. The number of nitrogens with one attached hydrogen (secondary N) is 1. The van der Waals surface area contributed by atoms with E-state index in [9.17, 15) is 35.9 Å². The Bertz CT molecular complexity index is 1420. The number of carbonyl (C=O) groups is 1. The van der Waals surface area contributed by atoms with Gasteiger partial charge in [0.1, 0.15) is 0 Å². The number of nitrogens with zero attached hydrogens (tertiary/aromatic N) is 2. The molecule has 1 N–H and O–H groups in total. The van der Waals surface area contributed by atoms with Gasteiger partial charge in [0.2, 0.25) is 5.91 Å². The molecule has 5 atom stereocenters. The van der Waals surface area contributed by atoms with Gasteiger partial charge in [0.25, 0.3) is 5.56 Å². The van der Waals surface area contributed by atoms with E-state index in [-0.39, 0.29) is 60.9 Å². The van der Waals surface area contributed by atoms with Crippen molar-refractivity contribution in [3.8, 4) is 0 Å². The average Bonchev–Trinajstić information content (AvgIpc) is 2.98. The molecule has 5 nitrogen and oxygen atoms in total. The van der Waals surface area contributed by atoms with Gasteiger partial charge in [-0.2, -0.15) is 26.3 Å². The zero-order chi connectivity index (χ0) is 31.8. The highest BCUT2D eigenvalue weighted by atomic mass is 19.4. The van der Waals surface area contributed by atoms with Crippen LogP contribution in [-0.4, -0.2) is 33.9 Å². The maximum atomic E-state index is 13.6. The summed E-state index contributed by atoms with van der Waals surface area (Å²) in [5.41, 5.74) is 1.81. The summed E-state index contributed by atoms with van der Waals surface area (Å²) >= 11 is 0. The van der Waals surface area contributed by atoms with E-state index in [0.29, 0.717) is 55.3 Å². The molecule has 0 spiro atoms. The molecule has 2 aromatic heterocycles. The Morgan fingerprint density at radius 1 is 0.932 bits per heavy atom. The van der Waals surface area contributed by atoms with Crippen LogP contribution in [0, 0.1) is 29.6 Å². The van der Waals surface area contributed by atoms with Gasteiger partial charge in [0.15, 0.2) is 0 Å². The SMILES string of the molecule is CC1CCC(NC(=O)C2CCCC(C(F)(F)F)C2)CC1c1cc2cnc(/C=C/C3CCC(C(F)(F)F)CC3)cc2n(C)c1=O. The van der Waals surface area contributed by atoms with Crippen molar-refractivity contribution in [2.24, 2.45) is 36.6 Å². The Balaban J connectivity index is 1.27. The molecule has 0 aliphatic heterocycles. The molecule has 242 valence electrons. The molecular weight excluding hydrogens is 584 g/mol. The van der Waals surface area contributed by atoms with Crippen LogP contribution < -0.4 is 10.9 Å². The molecule has 0 bridgehead atoms. The topological polar surface area (TPSA) is 64.0 Å². The number of allylic oxidation sites excluding steroid dienone is 1. The Hall–Kier alpha value is -2.85. The van der Waals surface area contributed by atoms with Gasteiger partial charge in [-0.25, -0.2) is 0 Å². The molecule has 0 aromatic carbocycles. The Labute approximate surface area is 253 Å². The van der Waals surface area contributed by atoms with E-state index in [4.69, 9.17) is 0 Å². The smallest absolute Gasteiger partial charge is 0.353 e. The predicted molar refractivity (Wildman–Crippen MR) is 157 cm³/mol. The molecule has 5 unspecified atom stereocenters. The zero-order valence-corrected chi connectivity index (χ0v) is 25.2. The lowest BCUT2D eigenvalue weighted by Gasteiger charge is -2.36. The molecule has 5 rings (SSSR count). The van der Waals surface area contributed by atoms with Crippen molar-refractivity contribution in [1.82, 2.24) is 14.9 Å². The van der Waals surface area contributed by atoms with Crippen molar-refractivity contribution in [1.29, 1.82) is 0 Å². The fourth-order valence-electron chi connectivity index (χ4n) is 7.57. The lowest BCUT2D eigenvalue weighted by Crippen LogP contribution is -2.45. The first-order valence-electron chi connectivity index (χ1n) is 15.8. The molecular formula is C33H41F6N3O2. The minimum atomic E-state index is -4.29. The lowest BCUT2D eigenvalue weighted by atomic mass is 9.74. The van der Waals surface area contributed by atoms with Crippen LogP contribution in [0.2, 0.25) is 0 Å². The summed E-state index contributed by atoms with van der Waals surface area (Å²) in [6.07, 6.45) is 0.988. The number of fused-ring (bicyclic) bond motifs is 1. The van der Waals surface area contributed by atoms with Gasteiger partial charge in [-0.05, 0) is 100 Å². The third-order valence-corrected chi connectivity index (χ3v) is 10.4. The van der Waals surface area contributed by atoms with Gasteiger partial charge in [0, 0.05) is 36.2 Å². The van der Waals surface area contributed by atoms with Crippen molar-refractivity contribution < 1.29 is 31.1 Å². The van der Waals surface area contributed by atoms with Crippen LogP contribution in [0.3, 0.4) is 0 Å². The van der Waals surface area contributed by atoms with Crippen LogP contribution in [0.4, 0.5) is 26.3 Å². The van der Waals surface area contributed by atoms with Gasteiger partial charge in [-0.3, -0.25) is 14.6 Å². The molecule has 3 fully saturated rings. The number of aromatic nitrogens is 2. The summed E-state index contributed by atoms with van der Waals surface area (Å²) in [5, 5.41) is 3.80. The summed E-state index contributed by atoms with van der Waals surface area (Å²) in [6.45, 7) is 2.08. The molecule has 44 heavy (non-hydrogen) atoms. The normalized spacial score (nSPS) is 30.5. The van der Waals surface area contributed by atoms with Gasteiger partial charge < -0.3 is 9.88 Å². The van der Waals surface area contributed by atoms with Crippen LogP contribution in [0.25, 0.3) is 17.0 Å². The minimum absolute atomic E-state index is 0.0581. The lowest BCUT2D eigenvalue weighted by molar-refractivity contribution is -0.186. The van der Waals surface area contributed by atoms with Gasteiger partial charge in [0.05, 0.1) is 23.0 Å². The highest BCUT2D eigenvalue weighted by molar-refractivity contribution is 5.81. The van der Waals surface area contributed by atoms with Crippen LogP contribution in [-0.2, 0) is 11.8 Å². The summed E-state index contributed by atoms with van der Waals surface area (Å²) < 4.78 is 80.4. The molecule has 1 amide bonds. The second-order valence-electron chi connectivity index (χ2n) is 13.3. The standard InChI is InChI=1S/C33H41F6N3O2/c1-19-6-12-26(41-30(43)21-4-3-5-24(14-21)33(37,38)39)16-27(19)28-15-22-18-40-25(17-29(22)42(2)31(28)44)13-9-20-7-10-23(11-8-20)32(34,35)36/h9,13,15,17-21,23-24,26-27H,3-8,10-12,14,16H2,1-2H3,(H,41,43)/b13-9+. The monoisotopic (exact) mass is 625 g/mol. The van der Waals surface area contributed by atoms with E-state index in [2.05, 4.69) is 17.2 Å². The highest BCUT2D eigenvalue weighted by Crippen LogP contribution is 2.42. The largest absolute Gasteiger partial charge is 0.391 e. The van der Waals surface area contributed by atoms with Gasteiger partial charge in [-0.15, -0.1) is 0 Å². The Kier molecular flexibility index (Phi) is 9.52. The first-order valence-corrected chi connectivity index (χ1v) is 15.8. The minimum Gasteiger partial charge on any atom is -0.353 e. The number of rotatable bonds is 5. The highest BCUT2D eigenvalue weighted by Gasteiger charge is 2.44. The molecule has 0 radical (unpaired) electrons. The predicted octanol–water partition coefficient (Wildman–Crippen LogP) is 8.07. The van der Waals surface area contributed by atoms with Crippen molar-refractivity contribution in [3.63, 3.8) is 0 Å². The van der Waals surface area contributed by atoms with E-state index in [1.165, 1.54) is 0 Å². The van der Waals surface area contributed by atoms with Crippen LogP contribution >= 0.6 is 0 Å². The third-order valence-electron chi connectivity index (χ3n) is 10.4. The number of aryl methyl sites for hydroxylation is 1. The van der Waals surface area contributed by atoms with Crippen LogP contribution in [0.5, 0.6) is 0 Å². The average molecular weight is 626 g/mol. The van der Waals surface area contributed by atoms with Gasteiger partial charge >= 0.3 is 12.4 Å². The van der Waals surface area contributed by atoms with Crippen LogP contribution in [0.1, 0.15) is 94.7 Å². The molecule has 3 aliphatic carbocycles. The number of amides is 1. The number of alkyl halides is 6. The third kappa shape index (κ3) is 7.33. The number of hydrogen-bond donors (Lipinski definition) is 1.